The molecule has 3 aromatic carbocycles. The molecule has 0 radical (unpaired) electrons. The number of rotatable bonds is 10. The number of carbonyl (C=O) groups excluding carboxylic acids is 1. The van der Waals surface area contributed by atoms with Gasteiger partial charge in [-0.3, -0.25) is 10.1 Å². The van der Waals surface area contributed by atoms with E-state index in [1.807, 2.05) is 43.3 Å². The van der Waals surface area contributed by atoms with Crippen molar-refractivity contribution in [2.75, 3.05) is 0 Å². The number of non-ortho nitro benzene ring substituents is 1. The van der Waals surface area contributed by atoms with Crippen LogP contribution in [0, 0.1) is 17.0 Å². The van der Waals surface area contributed by atoms with Crippen molar-refractivity contribution in [2.24, 2.45) is 5.16 Å². The largest absolute Gasteiger partial charge is 0.331 e. The number of nitro benzene ring substituents is 1. The highest BCUT2D eigenvalue weighted by atomic mass is 16.7. The van der Waals surface area contributed by atoms with E-state index in [9.17, 15) is 14.9 Å². The van der Waals surface area contributed by atoms with E-state index in [1.165, 1.54) is 25.8 Å². The molecule has 1 heterocycles. The second-order valence-electron chi connectivity index (χ2n) is 9.12. The summed E-state index contributed by atoms with van der Waals surface area (Å²) >= 11 is 0. The van der Waals surface area contributed by atoms with Crippen molar-refractivity contribution in [3.63, 3.8) is 0 Å². The molecule has 36 heavy (non-hydrogen) atoms. The topological polar surface area (TPSA) is 86.7 Å². The number of fused-ring (bicyclic) bond motifs is 3. The lowest BCUT2D eigenvalue weighted by Crippen LogP contribution is -2.10. The van der Waals surface area contributed by atoms with Crippen LogP contribution in [0.25, 0.3) is 27.5 Å². The molecule has 0 bridgehead atoms. The van der Waals surface area contributed by atoms with Crippen molar-refractivity contribution in [1.29, 1.82) is 0 Å². The maximum atomic E-state index is 11.6. The Morgan fingerprint density at radius 2 is 1.72 bits per heavy atom. The van der Waals surface area contributed by atoms with Crippen molar-refractivity contribution in [2.45, 2.75) is 59.3 Å². The van der Waals surface area contributed by atoms with E-state index in [2.05, 4.69) is 22.7 Å². The molecule has 0 N–H and O–H groups in total. The number of nitrogens with zero attached hydrogens (tertiary/aromatic N) is 3. The summed E-state index contributed by atoms with van der Waals surface area (Å²) in [7, 11) is 0. The van der Waals surface area contributed by atoms with Gasteiger partial charge in [0.1, 0.15) is 0 Å². The van der Waals surface area contributed by atoms with E-state index < -0.39 is 5.97 Å². The Balaban J connectivity index is 1.90. The Labute approximate surface area is 210 Å². The number of unbranched alkanes of at least 4 members (excludes halogenated alkanes) is 4. The fraction of sp³-hybridized carbons (Fsp3) is 0.310. The predicted molar refractivity (Wildman–Crippen MR) is 144 cm³/mol. The van der Waals surface area contributed by atoms with Gasteiger partial charge < -0.3 is 9.40 Å². The lowest BCUT2D eigenvalue weighted by Gasteiger charge is -2.16. The van der Waals surface area contributed by atoms with Crippen LogP contribution in [-0.2, 0) is 9.63 Å². The maximum absolute atomic E-state index is 11.6. The van der Waals surface area contributed by atoms with Crippen molar-refractivity contribution < 1.29 is 14.6 Å². The molecule has 0 unspecified atom stereocenters. The summed E-state index contributed by atoms with van der Waals surface area (Å²) in [6.45, 7) is 5.56. The number of para-hydroxylation sites is 1. The molecule has 0 spiro atoms. The van der Waals surface area contributed by atoms with Gasteiger partial charge in [0, 0.05) is 35.4 Å². The van der Waals surface area contributed by atoms with Gasteiger partial charge in [0.2, 0.25) is 0 Å². The Morgan fingerprint density at radius 3 is 2.47 bits per heavy atom. The smallest absolute Gasteiger partial charge is 0.318 e. The second kappa shape index (κ2) is 11.2. The average molecular weight is 486 g/mol. The van der Waals surface area contributed by atoms with Crippen molar-refractivity contribution in [3.05, 3.63) is 81.9 Å². The molecular formula is C29H31N3O4. The van der Waals surface area contributed by atoms with Crippen molar-refractivity contribution in [3.8, 4) is 5.69 Å². The predicted octanol–water partition coefficient (Wildman–Crippen LogP) is 7.63. The molecule has 4 aromatic rings. The zero-order valence-corrected chi connectivity index (χ0v) is 21.0. The van der Waals surface area contributed by atoms with Crippen molar-refractivity contribution >= 4 is 39.2 Å². The first kappa shape index (κ1) is 25.1. The molecular weight excluding hydrogens is 454 g/mol. The maximum Gasteiger partial charge on any atom is 0.331 e. The lowest BCUT2D eigenvalue weighted by atomic mass is 9.99. The van der Waals surface area contributed by atoms with Gasteiger partial charge in [0.25, 0.3) is 5.69 Å². The van der Waals surface area contributed by atoms with E-state index in [4.69, 9.17) is 4.84 Å². The zero-order valence-electron chi connectivity index (χ0n) is 21.0. The molecule has 0 aliphatic carbocycles. The number of aryl methyl sites for hydroxylation is 1. The van der Waals surface area contributed by atoms with E-state index in [0.717, 1.165) is 57.9 Å². The SMILES string of the molecule is CCCCCCC/C(=N\OC(C)=O)c1ccc(C)cc1-n1c2ccccc2c2cc([N+](=O)[O-])ccc21. The minimum Gasteiger partial charge on any atom is -0.318 e. The molecule has 7 nitrogen and oxygen atoms in total. The number of oxime groups is 1. The molecule has 7 heteroatoms. The first-order chi connectivity index (χ1) is 17.4. The van der Waals surface area contributed by atoms with Gasteiger partial charge in [-0.25, -0.2) is 4.79 Å². The quantitative estimate of drug-likeness (QED) is 0.0759. The minimum atomic E-state index is -0.462. The van der Waals surface area contributed by atoms with Gasteiger partial charge in [-0.1, -0.05) is 68.1 Å². The van der Waals surface area contributed by atoms with Crippen LogP contribution in [0.2, 0.25) is 0 Å². The number of hydrogen-bond acceptors (Lipinski definition) is 5. The second-order valence-corrected chi connectivity index (χ2v) is 9.12. The van der Waals surface area contributed by atoms with Gasteiger partial charge in [-0.15, -0.1) is 0 Å². The molecule has 0 saturated carbocycles. The fourth-order valence-electron chi connectivity index (χ4n) is 4.65. The summed E-state index contributed by atoms with van der Waals surface area (Å²) in [4.78, 5) is 27.8. The van der Waals surface area contributed by atoms with E-state index in [0.29, 0.717) is 12.1 Å². The van der Waals surface area contributed by atoms with Crippen LogP contribution < -0.4 is 0 Å². The Morgan fingerprint density at radius 1 is 0.972 bits per heavy atom. The van der Waals surface area contributed by atoms with E-state index in [1.54, 1.807) is 12.1 Å². The number of benzene rings is 3. The van der Waals surface area contributed by atoms with Gasteiger partial charge in [-0.05, 0) is 43.5 Å². The first-order valence-electron chi connectivity index (χ1n) is 12.4. The molecule has 186 valence electrons. The van der Waals surface area contributed by atoms with Gasteiger partial charge in [0.15, 0.2) is 0 Å². The molecule has 0 amide bonds. The third-order valence-corrected chi connectivity index (χ3v) is 6.37. The zero-order chi connectivity index (χ0) is 25.7. The van der Waals surface area contributed by atoms with Crippen LogP contribution in [0.15, 0.2) is 65.8 Å². The number of carbonyl (C=O) groups is 1. The summed E-state index contributed by atoms with van der Waals surface area (Å²) in [5, 5.41) is 17.5. The lowest BCUT2D eigenvalue weighted by molar-refractivity contribution is -0.384. The van der Waals surface area contributed by atoms with Crippen LogP contribution in [0.4, 0.5) is 5.69 Å². The third-order valence-electron chi connectivity index (χ3n) is 6.37. The summed E-state index contributed by atoms with van der Waals surface area (Å²) in [6.07, 6.45) is 6.21. The van der Waals surface area contributed by atoms with E-state index >= 15 is 0 Å². The number of aromatic nitrogens is 1. The summed E-state index contributed by atoms with van der Waals surface area (Å²) in [6, 6.07) is 19.0. The standard InChI is InChI=1S/C29H31N3O4/c1-4-5-6-7-8-12-26(30-36-21(3)33)24-16-14-20(2)18-29(24)31-27-13-10-9-11-23(27)25-19-22(32(34)35)15-17-28(25)31/h9-11,13-19H,4-8,12H2,1-3H3/b30-26+. The Bertz CT molecular complexity index is 1450. The van der Waals surface area contributed by atoms with Gasteiger partial charge in [0.05, 0.1) is 27.4 Å². The summed E-state index contributed by atoms with van der Waals surface area (Å²) < 4.78 is 2.12. The van der Waals surface area contributed by atoms with Crippen LogP contribution in [0.1, 0.15) is 63.5 Å². The summed E-state index contributed by atoms with van der Waals surface area (Å²) in [5.41, 5.74) is 5.41. The van der Waals surface area contributed by atoms with Gasteiger partial charge >= 0.3 is 5.97 Å². The highest BCUT2D eigenvalue weighted by Gasteiger charge is 2.20. The van der Waals surface area contributed by atoms with Crippen LogP contribution >= 0.6 is 0 Å². The molecule has 0 aliphatic rings. The number of hydrogen-bond donors (Lipinski definition) is 0. The number of nitro groups is 1. The highest BCUT2D eigenvalue weighted by Crippen LogP contribution is 2.35. The fourth-order valence-corrected chi connectivity index (χ4v) is 4.65. The first-order valence-corrected chi connectivity index (χ1v) is 12.4. The van der Waals surface area contributed by atoms with Crippen LogP contribution in [0.5, 0.6) is 0 Å². The monoisotopic (exact) mass is 485 g/mol. The van der Waals surface area contributed by atoms with Crippen molar-refractivity contribution in [1.82, 2.24) is 4.57 Å². The normalized spacial score (nSPS) is 11.8. The molecule has 4 rings (SSSR count). The molecule has 0 atom stereocenters. The van der Waals surface area contributed by atoms with Crippen LogP contribution in [0.3, 0.4) is 0 Å². The Kier molecular flexibility index (Phi) is 7.78. The average Bonchev–Trinajstić information content (AvgIpc) is 3.19. The van der Waals surface area contributed by atoms with Gasteiger partial charge in [-0.2, -0.15) is 0 Å². The molecule has 1 aromatic heterocycles. The minimum absolute atomic E-state index is 0.0547. The molecule has 0 saturated heterocycles. The third kappa shape index (κ3) is 5.30. The molecule has 0 aliphatic heterocycles. The van der Waals surface area contributed by atoms with E-state index in [-0.39, 0.29) is 10.6 Å². The van der Waals surface area contributed by atoms with Crippen LogP contribution in [-0.4, -0.2) is 21.2 Å². The molecule has 0 fully saturated rings. The summed E-state index contributed by atoms with van der Waals surface area (Å²) in [5.74, 6) is -0.462. The highest BCUT2D eigenvalue weighted by molar-refractivity contribution is 6.11. The Hall–Kier alpha value is -4.00.